The number of nitrogens with zero attached hydrogens (tertiary/aromatic N) is 1. The van der Waals surface area contributed by atoms with Crippen LogP contribution in [0.1, 0.15) is 35.5 Å². The van der Waals surface area contributed by atoms with Gasteiger partial charge in [-0.1, -0.05) is 49.3 Å². The number of aromatic nitrogens is 1. The first kappa shape index (κ1) is 18.7. The van der Waals surface area contributed by atoms with Crippen LogP contribution in [0.2, 0.25) is 0 Å². The fraction of sp³-hybridized carbons (Fsp3) is 0.273. The van der Waals surface area contributed by atoms with Gasteiger partial charge in [-0.25, -0.2) is 4.79 Å². The molecular weight excluding hydrogens is 342 g/mol. The number of carbonyl (C=O) groups excluding carboxylic acids is 1. The van der Waals surface area contributed by atoms with Crippen molar-refractivity contribution in [1.29, 1.82) is 0 Å². The van der Waals surface area contributed by atoms with Crippen molar-refractivity contribution in [2.75, 3.05) is 6.61 Å². The number of hydrogen-bond donors (Lipinski definition) is 0. The highest BCUT2D eigenvalue weighted by atomic mass is 16.5. The number of esters is 1. The van der Waals surface area contributed by atoms with Gasteiger partial charge >= 0.3 is 5.97 Å². The van der Waals surface area contributed by atoms with Crippen molar-refractivity contribution in [2.24, 2.45) is 5.92 Å². The molecule has 1 heterocycles. The lowest BCUT2D eigenvalue weighted by atomic mass is 10.1. The number of hydrogen-bond acceptors (Lipinski definition) is 5. The average Bonchev–Trinajstić information content (AvgIpc) is 3.06. The fourth-order valence-corrected chi connectivity index (χ4v) is 2.55. The van der Waals surface area contributed by atoms with Crippen LogP contribution in [0, 0.1) is 12.8 Å². The maximum absolute atomic E-state index is 12.0. The summed E-state index contributed by atoms with van der Waals surface area (Å²) in [4.78, 5) is 12.0. The van der Waals surface area contributed by atoms with Crippen LogP contribution in [0.3, 0.4) is 0 Å². The van der Waals surface area contributed by atoms with Crippen LogP contribution < -0.4 is 4.74 Å². The van der Waals surface area contributed by atoms with E-state index in [9.17, 15) is 4.79 Å². The maximum atomic E-state index is 12.0. The lowest BCUT2D eigenvalue weighted by Crippen LogP contribution is -2.10. The molecule has 3 aromatic rings. The van der Waals surface area contributed by atoms with E-state index in [2.05, 4.69) is 5.16 Å². The van der Waals surface area contributed by atoms with Crippen molar-refractivity contribution >= 4 is 5.97 Å². The van der Waals surface area contributed by atoms with E-state index >= 15 is 0 Å². The summed E-state index contributed by atoms with van der Waals surface area (Å²) in [7, 11) is 0. The molecule has 0 radical (unpaired) electrons. The molecule has 0 aliphatic heterocycles. The third-order valence-corrected chi connectivity index (χ3v) is 4.05. The smallest absolute Gasteiger partial charge is 0.338 e. The number of ether oxygens (including phenoxy) is 2. The highest BCUT2D eigenvalue weighted by Gasteiger charge is 2.15. The van der Waals surface area contributed by atoms with Crippen molar-refractivity contribution in [3.63, 3.8) is 0 Å². The Morgan fingerprint density at radius 1 is 1.07 bits per heavy atom. The van der Waals surface area contributed by atoms with Gasteiger partial charge in [0.05, 0.1) is 17.7 Å². The highest BCUT2D eigenvalue weighted by molar-refractivity contribution is 5.89. The quantitative estimate of drug-likeness (QED) is 0.549. The Labute approximate surface area is 158 Å². The molecule has 0 amide bonds. The molecule has 0 aliphatic carbocycles. The Hall–Kier alpha value is -3.08. The molecule has 1 aromatic heterocycles. The number of rotatable bonds is 7. The molecule has 0 saturated carbocycles. The first-order valence-electron chi connectivity index (χ1n) is 8.95. The van der Waals surface area contributed by atoms with E-state index in [-0.39, 0.29) is 5.97 Å². The lowest BCUT2D eigenvalue weighted by Gasteiger charge is -2.09. The molecule has 0 saturated heterocycles. The Kier molecular flexibility index (Phi) is 5.91. The standard InChI is InChI=1S/C22H23NO4/c1-15(2)13-26-22(24)18-9-11-19(12-10-18)25-14-20-16(3)27-23-21(20)17-7-5-4-6-8-17/h4-12,15H,13-14H2,1-3H3. The molecule has 0 spiro atoms. The van der Waals surface area contributed by atoms with Crippen LogP contribution in [-0.4, -0.2) is 17.7 Å². The van der Waals surface area contributed by atoms with Crippen LogP contribution in [0.4, 0.5) is 0 Å². The first-order valence-corrected chi connectivity index (χ1v) is 8.95. The van der Waals surface area contributed by atoms with Gasteiger partial charge in [-0.2, -0.15) is 0 Å². The van der Waals surface area contributed by atoms with Gasteiger partial charge in [-0.05, 0) is 37.1 Å². The van der Waals surface area contributed by atoms with Crippen molar-refractivity contribution in [3.8, 4) is 17.0 Å². The summed E-state index contributed by atoms with van der Waals surface area (Å²) in [5, 5.41) is 4.15. The second-order valence-corrected chi connectivity index (χ2v) is 6.74. The molecule has 2 aromatic carbocycles. The van der Waals surface area contributed by atoms with Gasteiger partial charge in [0.25, 0.3) is 0 Å². The van der Waals surface area contributed by atoms with Gasteiger partial charge in [0.15, 0.2) is 0 Å². The summed E-state index contributed by atoms with van der Waals surface area (Å²) in [6, 6.07) is 16.8. The number of benzene rings is 2. The predicted molar refractivity (Wildman–Crippen MR) is 103 cm³/mol. The van der Waals surface area contributed by atoms with E-state index in [1.165, 1.54) is 0 Å². The van der Waals surface area contributed by atoms with Crippen molar-refractivity contribution in [1.82, 2.24) is 5.16 Å². The lowest BCUT2D eigenvalue weighted by molar-refractivity contribution is 0.0459. The van der Waals surface area contributed by atoms with Gasteiger partial charge < -0.3 is 14.0 Å². The summed E-state index contributed by atoms with van der Waals surface area (Å²) < 4.78 is 16.4. The summed E-state index contributed by atoms with van der Waals surface area (Å²) in [5.74, 6) is 1.37. The zero-order valence-corrected chi connectivity index (χ0v) is 15.8. The first-order chi connectivity index (χ1) is 13.0. The van der Waals surface area contributed by atoms with E-state index in [1.807, 2.05) is 51.1 Å². The minimum absolute atomic E-state index is 0.308. The molecule has 0 N–H and O–H groups in total. The normalized spacial score (nSPS) is 10.8. The van der Waals surface area contributed by atoms with Crippen LogP contribution in [-0.2, 0) is 11.3 Å². The average molecular weight is 365 g/mol. The van der Waals surface area contributed by atoms with Crippen LogP contribution in [0.25, 0.3) is 11.3 Å². The molecule has 0 aliphatic rings. The minimum Gasteiger partial charge on any atom is -0.489 e. The van der Waals surface area contributed by atoms with E-state index in [0.29, 0.717) is 30.4 Å². The Balaban J connectivity index is 1.66. The largest absolute Gasteiger partial charge is 0.489 e. The third-order valence-electron chi connectivity index (χ3n) is 4.05. The van der Waals surface area contributed by atoms with Gasteiger partial charge in [0.2, 0.25) is 0 Å². The van der Waals surface area contributed by atoms with Gasteiger partial charge in [0.1, 0.15) is 23.8 Å². The van der Waals surface area contributed by atoms with Crippen LogP contribution in [0.15, 0.2) is 59.1 Å². The highest BCUT2D eigenvalue weighted by Crippen LogP contribution is 2.26. The van der Waals surface area contributed by atoms with Crippen molar-refractivity contribution in [3.05, 3.63) is 71.5 Å². The molecule has 3 rings (SSSR count). The summed E-state index contributed by atoms with van der Waals surface area (Å²) in [6.45, 7) is 6.61. The Morgan fingerprint density at radius 2 is 1.78 bits per heavy atom. The monoisotopic (exact) mass is 365 g/mol. The topological polar surface area (TPSA) is 61.6 Å². The van der Waals surface area contributed by atoms with Gasteiger partial charge in [-0.15, -0.1) is 0 Å². The van der Waals surface area contributed by atoms with Crippen LogP contribution >= 0.6 is 0 Å². The summed E-state index contributed by atoms with van der Waals surface area (Å²) in [5.41, 5.74) is 3.17. The summed E-state index contributed by atoms with van der Waals surface area (Å²) in [6.07, 6.45) is 0. The third kappa shape index (κ3) is 4.76. The Bertz CT molecular complexity index is 882. The van der Waals surface area contributed by atoms with E-state index < -0.39 is 0 Å². The molecule has 140 valence electrons. The Morgan fingerprint density at radius 3 is 2.44 bits per heavy atom. The zero-order chi connectivity index (χ0) is 19.2. The van der Waals surface area contributed by atoms with E-state index in [4.69, 9.17) is 14.0 Å². The molecular formula is C22H23NO4. The second-order valence-electron chi connectivity index (χ2n) is 6.74. The van der Waals surface area contributed by atoms with Crippen molar-refractivity contribution < 1.29 is 18.8 Å². The molecule has 27 heavy (non-hydrogen) atoms. The maximum Gasteiger partial charge on any atom is 0.338 e. The number of carbonyl (C=O) groups is 1. The number of aryl methyl sites for hydroxylation is 1. The predicted octanol–water partition coefficient (Wildman–Crippen LogP) is 5.04. The van der Waals surface area contributed by atoms with Gasteiger partial charge in [0, 0.05) is 5.56 Å². The molecule has 5 heteroatoms. The fourth-order valence-electron chi connectivity index (χ4n) is 2.55. The molecule has 0 unspecified atom stereocenters. The zero-order valence-electron chi connectivity index (χ0n) is 15.8. The molecule has 5 nitrogen and oxygen atoms in total. The molecule has 0 atom stereocenters. The molecule has 0 bridgehead atoms. The molecule has 0 fully saturated rings. The van der Waals surface area contributed by atoms with E-state index in [1.54, 1.807) is 24.3 Å². The van der Waals surface area contributed by atoms with Crippen LogP contribution in [0.5, 0.6) is 5.75 Å². The summed E-state index contributed by atoms with van der Waals surface area (Å²) >= 11 is 0. The van der Waals surface area contributed by atoms with E-state index in [0.717, 1.165) is 22.6 Å². The van der Waals surface area contributed by atoms with Gasteiger partial charge in [-0.3, -0.25) is 0 Å². The SMILES string of the molecule is Cc1onc(-c2ccccc2)c1COc1ccc(C(=O)OCC(C)C)cc1. The minimum atomic E-state index is -0.323. The van der Waals surface area contributed by atoms with Crippen molar-refractivity contribution in [2.45, 2.75) is 27.4 Å². The second kappa shape index (κ2) is 8.54.